The van der Waals surface area contributed by atoms with Crippen LogP contribution < -0.4 is 0 Å². The van der Waals surface area contributed by atoms with E-state index in [1.54, 1.807) is 23.5 Å². The normalized spacial score (nSPS) is 19.0. The molecule has 0 bridgehead atoms. The number of halogens is 3. The summed E-state index contributed by atoms with van der Waals surface area (Å²) in [4.78, 5) is 21.9. The van der Waals surface area contributed by atoms with E-state index in [9.17, 15) is 23.1 Å². The molecule has 4 rings (SSSR count). The van der Waals surface area contributed by atoms with E-state index in [1.807, 2.05) is 10.3 Å². The molecule has 1 aromatic carbocycles. The first kappa shape index (κ1) is 26.1. The van der Waals surface area contributed by atoms with Crippen LogP contribution in [-0.2, 0) is 19.1 Å². The van der Waals surface area contributed by atoms with E-state index in [0.29, 0.717) is 18.2 Å². The van der Waals surface area contributed by atoms with E-state index in [-0.39, 0.29) is 29.9 Å². The number of rotatable bonds is 6. The Bertz CT molecular complexity index is 1030. The fourth-order valence-electron chi connectivity index (χ4n) is 5.40. The van der Waals surface area contributed by atoms with Crippen LogP contribution in [0.25, 0.3) is 0 Å². The number of piperidine rings is 2. The van der Waals surface area contributed by atoms with Crippen LogP contribution >= 0.6 is 11.3 Å². The summed E-state index contributed by atoms with van der Waals surface area (Å²) in [6.45, 7) is 7.65. The molecule has 0 saturated carbocycles. The van der Waals surface area contributed by atoms with Crippen molar-refractivity contribution in [3.63, 3.8) is 0 Å². The van der Waals surface area contributed by atoms with Gasteiger partial charge in [0.15, 0.2) is 0 Å². The summed E-state index contributed by atoms with van der Waals surface area (Å²) in [6.07, 6.45) is -0.409. The zero-order valence-electron chi connectivity index (χ0n) is 20.4. The minimum atomic E-state index is -4.42. The van der Waals surface area contributed by atoms with Gasteiger partial charge in [0.25, 0.3) is 5.91 Å². The molecular weight excluding hydrogens is 475 g/mol. The molecule has 0 aliphatic carbocycles. The van der Waals surface area contributed by atoms with Gasteiger partial charge in [-0.3, -0.25) is 9.69 Å². The van der Waals surface area contributed by atoms with E-state index in [0.717, 1.165) is 68.5 Å². The molecule has 5 nitrogen and oxygen atoms in total. The number of aliphatic hydroxyl groups excluding tert-OH is 1. The van der Waals surface area contributed by atoms with Crippen molar-refractivity contribution in [2.75, 3.05) is 32.8 Å². The first-order valence-corrected chi connectivity index (χ1v) is 13.3. The molecule has 0 unspecified atom stereocenters. The number of carbonyl (C=O) groups is 1. The summed E-state index contributed by atoms with van der Waals surface area (Å²) in [5, 5.41) is 12.1. The van der Waals surface area contributed by atoms with Gasteiger partial charge in [-0.2, -0.15) is 13.2 Å². The molecule has 0 atom stereocenters. The molecule has 35 heavy (non-hydrogen) atoms. The van der Waals surface area contributed by atoms with Crippen LogP contribution in [-0.4, -0.2) is 58.6 Å². The van der Waals surface area contributed by atoms with Crippen molar-refractivity contribution in [2.45, 2.75) is 64.6 Å². The number of carbonyl (C=O) groups excluding carboxylic acids is 1. The highest BCUT2D eigenvalue weighted by Gasteiger charge is 2.40. The Hall–Kier alpha value is -1.97. The molecule has 2 fully saturated rings. The average molecular weight is 510 g/mol. The van der Waals surface area contributed by atoms with Gasteiger partial charge in [-0.1, -0.05) is 26.0 Å². The third kappa shape index (κ3) is 6.06. The van der Waals surface area contributed by atoms with Crippen LogP contribution in [0.15, 0.2) is 23.6 Å². The quantitative estimate of drug-likeness (QED) is 0.571. The Kier molecular flexibility index (Phi) is 7.88. The fraction of sp³-hybridized carbons (Fsp3) is 0.615. The van der Waals surface area contributed by atoms with Gasteiger partial charge in [-0.05, 0) is 67.8 Å². The lowest BCUT2D eigenvalue weighted by Gasteiger charge is -2.47. The lowest BCUT2D eigenvalue weighted by molar-refractivity contribution is -0.138. The van der Waals surface area contributed by atoms with Crippen LogP contribution in [0.4, 0.5) is 13.2 Å². The Labute approximate surface area is 209 Å². The number of amides is 1. The van der Waals surface area contributed by atoms with Gasteiger partial charge in [-0.25, -0.2) is 4.98 Å². The monoisotopic (exact) mass is 509 g/mol. The van der Waals surface area contributed by atoms with E-state index in [2.05, 4.69) is 23.7 Å². The van der Waals surface area contributed by atoms with Crippen molar-refractivity contribution in [1.29, 1.82) is 0 Å². The summed E-state index contributed by atoms with van der Waals surface area (Å²) in [5.74, 6) is 0.332. The second-order valence-corrected chi connectivity index (χ2v) is 11.2. The Morgan fingerprint density at radius 3 is 2.57 bits per heavy atom. The molecule has 9 heteroatoms. The number of thiazole rings is 1. The van der Waals surface area contributed by atoms with Gasteiger partial charge in [-0.15, -0.1) is 11.3 Å². The Morgan fingerprint density at radius 1 is 1.20 bits per heavy atom. The predicted molar refractivity (Wildman–Crippen MR) is 131 cm³/mol. The summed E-state index contributed by atoms with van der Waals surface area (Å²) >= 11 is 1.54. The zero-order chi connectivity index (χ0) is 25.2. The fourth-order valence-corrected chi connectivity index (χ4v) is 6.20. The molecule has 0 radical (unpaired) electrons. The standard InChI is InChI=1S/C26H34F3N3O2S/c1-18(2)23-30-22(16-35-23)24(34)32-10-3-7-25(17-32)8-11-31(12-9-25)15-19-4-5-21(26(27,28)29)20(14-19)6-13-33/h4-5,14,16,18,33H,3,6-13,15,17H2,1-2H3. The average Bonchev–Trinajstić information content (AvgIpc) is 3.31. The molecule has 2 aromatic rings. The largest absolute Gasteiger partial charge is 0.416 e. The summed E-state index contributed by atoms with van der Waals surface area (Å²) < 4.78 is 39.8. The molecule has 192 valence electrons. The Balaban J connectivity index is 1.37. The van der Waals surface area contributed by atoms with Crippen LogP contribution in [0.1, 0.15) is 77.6 Å². The third-order valence-corrected chi connectivity index (χ3v) is 8.51. The van der Waals surface area contributed by atoms with Gasteiger partial charge in [0.1, 0.15) is 5.69 Å². The number of alkyl halides is 3. The van der Waals surface area contributed by atoms with Gasteiger partial charge in [0, 0.05) is 37.5 Å². The van der Waals surface area contributed by atoms with Gasteiger partial charge >= 0.3 is 6.18 Å². The molecule has 2 saturated heterocycles. The van der Waals surface area contributed by atoms with Crippen molar-refractivity contribution in [1.82, 2.24) is 14.8 Å². The van der Waals surface area contributed by atoms with Gasteiger partial charge in [0.05, 0.1) is 10.6 Å². The van der Waals surface area contributed by atoms with E-state index in [1.165, 1.54) is 0 Å². The van der Waals surface area contributed by atoms with Crippen molar-refractivity contribution in [3.8, 4) is 0 Å². The predicted octanol–water partition coefficient (Wildman–Crippen LogP) is 5.34. The second kappa shape index (κ2) is 10.6. The van der Waals surface area contributed by atoms with E-state index in [4.69, 9.17) is 0 Å². The summed E-state index contributed by atoms with van der Waals surface area (Å²) in [5.41, 5.74) is 0.968. The maximum absolute atomic E-state index is 13.3. The highest BCUT2D eigenvalue weighted by atomic mass is 32.1. The highest BCUT2D eigenvalue weighted by molar-refractivity contribution is 7.09. The topological polar surface area (TPSA) is 56.7 Å². The van der Waals surface area contributed by atoms with Crippen molar-refractivity contribution < 1.29 is 23.1 Å². The molecular formula is C26H34F3N3O2S. The van der Waals surface area contributed by atoms with Crippen molar-refractivity contribution >= 4 is 17.2 Å². The number of hydrogen-bond acceptors (Lipinski definition) is 5. The molecule has 2 aliphatic rings. The van der Waals surface area contributed by atoms with E-state index < -0.39 is 11.7 Å². The minimum Gasteiger partial charge on any atom is -0.396 e. The number of nitrogens with zero attached hydrogens (tertiary/aromatic N) is 3. The van der Waals surface area contributed by atoms with Gasteiger partial charge < -0.3 is 10.0 Å². The molecule has 1 N–H and O–H groups in total. The number of aliphatic hydroxyl groups is 1. The lowest BCUT2D eigenvalue weighted by Crippen LogP contribution is -2.51. The summed E-state index contributed by atoms with van der Waals surface area (Å²) in [6, 6.07) is 4.28. The molecule has 1 spiro atoms. The molecule has 2 aliphatic heterocycles. The summed E-state index contributed by atoms with van der Waals surface area (Å²) in [7, 11) is 0. The minimum absolute atomic E-state index is 0.00664. The third-order valence-electron chi connectivity index (χ3n) is 7.36. The van der Waals surface area contributed by atoms with E-state index >= 15 is 0 Å². The second-order valence-electron chi connectivity index (χ2n) is 10.3. The lowest BCUT2D eigenvalue weighted by atomic mass is 9.72. The van der Waals surface area contributed by atoms with Crippen LogP contribution in [0.3, 0.4) is 0 Å². The number of hydrogen-bond donors (Lipinski definition) is 1. The first-order valence-electron chi connectivity index (χ1n) is 12.4. The number of likely N-dealkylation sites (tertiary alicyclic amines) is 2. The zero-order valence-corrected chi connectivity index (χ0v) is 21.2. The van der Waals surface area contributed by atoms with Crippen LogP contribution in [0.2, 0.25) is 0 Å². The Morgan fingerprint density at radius 2 is 1.94 bits per heavy atom. The smallest absolute Gasteiger partial charge is 0.396 e. The van der Waals surface area contributed by atoms with Crippen molar-refractivity contribution in [2.24, 2.45) is 5.41 Å². The van der Waals surface area contributed by atoms with Crippen LogP contribution in [0.5, 0.6) is 0 Å². The number of aromatic nitrogens is 1. The molecule has 3 heterocycles. The number of benzene rings is 1. The van der Waals surface area contributed by atoms with Crippen molar-refractivity contribution in [3.05, 3.63) is 51.0 Å². The first-order chi connectivity index (χ1) is 16.6. The SMILES string of the molecule is CC(C)c1nc(C(=O)N2CCCC3(CCN(Cc4ccc(C(F)(F)F)c(CCO)c4)CC3)C2)cs1. The van der Waals surface area contributed by atoms with Crippen LogP contribution in [0, 0.1) is 5.41 Å². The maximum atomic E-state index is 13.3. The van der Waals surface area contributed by atoms with Gasteiger partial charge in [0.2, 0.25) is 0 Å². The molecule has 1 amide bonds. The maximum Gasteiger partial charge on any atom is 0.416 e. The highest BCUT2D eigenvalue weighted by Crippen LogP contribution is 2.41. The molecule has 1 aromatic heterocycles.